The third-order valence-electron chi connectivity index (χ3n) is 3.91. The third kappa shape index (κ3) is 3.54. The van der Waals surface area contributed by atoms with Crippen LogP contribution >= 0.6 is 34.8 Å². The first kappa shape index (κ1) is 17.5. The van der Waals surface area contributed by atoms with Crippen molar-refractivity contribution in [3.8, 4) is 0 Å². The number of nitrogens with zero attached hydrogens (tertiary/aromatic N) is 3. The molecule has 0 radical (unpaired) electrons. The van der Waals surface area contributed by atoms with Gasteiger partial charge in [0.15, 0.2) is 0 Å². The standard InChI is InChI=1S/C16H16Cl3N3O2/c1-10-14(16(23)21-4-6-24-7-5-21)15(19)22(20-10)9-11-2-3-12(17)8-13(11)18/h2-3,8H,4-7,9H2,1H3. The van der Waals surface area contributed by atoms with Crippen molar-refractivity contribution >= 4 is 40.7 Å². The zero-order valence-corrected chi connectivity index (χ0v) is 15.3. The number of hydrogen-bond donors (Lipinski definition) is 0. The van der Waals surface area contributed by atoms with Crippen molar-refractivity contribution in [3.63, 3.8) is 0 Å². The fourth-order valence-electron chi connectivity index (χ4n) is 2.64. The Morgan fingerprint density at radius 3 is 2.62 bits per heavy atom. The van der Waals surface area contributed by atoms with E-state index in [1.165, 1.54) is 0 Å². The van der Waals surface area contributed by atoms with Gasteiger partial charge in [0.2, 0.25) is 0 Å². The highest BCUT2D eigenvalue weighted by Gasteiger charge is 2.26. The number of carbonyl (C=O) groups is 1. The number of hydrogen-bond acceptors (Lipinski definition) is 3. The summed E-state index contributed by atoms with van der Waals surface area (Å²) < 4.78 is 6.86. The predicted molar refractivity (Wildman–Crippen MR) is 94.3 cm³/mol. The first-order chi connectivity index (χ1) is 11.5. The second-order valence-electron chi connectivity index (χ2n) is 5.55. The number of halogens is 3. The Bertz CT molecular complexity index is 770. The number of ether oxygens (including phenoxy) is 1. The largest absolute Gasteiger partial charge is 0.378 e. The number of aryl methyl sites for hydroxylation is 1. The highest BCUT2D eigenvalue weighted by Crippen LogP contribution is 2.26. The monoisotopic (exact) mass is 387 g/mol. The van der Waals surface area contributed by atoms with Crippen LogP contribution in [0, 0.1) is 6.92 Å². The quantitative estimate of drug-likeness (QED) is 0.806. The molecule has 1 aromatic carbocycles. The highest BCUT2D eigenvalue weighted by atomic mass is 35.5. The summed E-state index contributed by atoms with van der Waals surface area (Å²) in [6.07, 6.45) is 0. The Morgan fingerprint density at radius 1 is 1.25 bits per heavy atom. The average molecular weight is 389 g/mol. The van der Waals surface area contributed by atoms with E-state index in [-0.39, 0.29) is 5.91 Å². The molecule has 24 heavy (non-hydrogen) atoms. The molecule has 0 aliphatic carbocycles. The first-order valence-electron chi connectivity index (χ1n) is 7.51. The molecule has 3 rings (SSSR count). The lowest BCUT2D eigenvalue weighted by molar-refractivity contribution is 0.0302. The van der Waals surface area contributed by atoms with E-state index in [1.54, 1.807) is 28.6 Å². The maximum absolute atomic E-state index is 12.7. The van der Waals surface area contributed by atoms with Crippen LogP contribution in [0.2, 0.25) is 15.2 Å². The van der Waals surface area contributed by atoms with Crippen LogP contribution in [-0.2, 0) is 11.3 Å². The fraction of sp³-hybridized carbons (Fsp3) is 0.375. The normalized spacial score (nSPS) is 14.9. The van der Waals surface area contributed by atoms with Gasteiger partial charge in [-0.2, -0.15) is 5.10 Å². The van der Waals surface area contributed by atoms with Crippen LogP contribution in [0.1, 0.15) is 21.6 Å². The Kier molecular flexibility index (Phi) is 5.35. The minimum absolute atomic E-state index is 0.116. The molecule has 1 aliphatic rings. The first-order valence-corrected chi connectivity index (χ1v) is 8.64. The third-order valence-corrected chi connectivity index (χ3v) is 4.88. The van der Waals surface area contributed by atoms with Crippen molar-refractivity contribution in [3.05, 3.63) is 50.2 Å². The number of carbonyl (C=O) groups excluding carboxylic acids is 1. The van der Waals surface area contributed by atoms with Gasteiger partial charge in [-0.3, -0.25) is 4.79 Å². The predicted octanol–water partition coefficient (Wildman–Crippen LogP) is 3.67. The minimum atomic E-state index is -0.116. The zero-order chi connectivity index (χ0) is 17.3. The lowest BCUT2D eigenvalue weighted by atomic mass is 10.2. The van der Waals surface area contributed by atoms with Gasteiger partial charge in [0.25, 0.3) is 5.91 Å². The summed E-state index contributed by atoms with van der Waals surface area (Å²) in [5, 5.41) is 5.81. The van der Waals surface area contributed by atoms with Crippen LogP contribution in [0.5, 0.6) is 0 Å². The van der Waals surface area contributed by atoms with Gasteiger partial charge in [-0.15, -0.1) is 0 Å². The van der Waals surface area contributed by atoms with Crippen molar-refractivity contribution in [2.45, 2.75) is 13.5 Å². The van der Waals surface area contributed by atoms with Crippen LogP contribution in [0.15, 0.2) is 18.2 Å². The van der Waals surface area contributed by atoms with Gasteiger partial charge >= 0.3 is 0 Å². The number of amides is 1. The maximum Gasteiger partial charge on any atom is 0.259 e. The number of morpholine rings is 1. The van der Waals surface area contributed by atoms with Crippen LogP contribution in [0.3, 0.4) is 0 Å². The molecule has 0 unspecified atom stereocenters. The average Bonchev–Trinajstić information content (AvgIpc) is 2.84. The molecule has 1 aliphatic heterocycles. The van der Waals surface area contributed by atoms with Gasteiger partial charge in [0.1, 0.15) is 5.15 Å². The van der Waals surface area contributed by atoms with E-state index in [1.807, 2.05) is 6.07 Å². The van der Waals surface area contributed by atoms with Gasteiger partial charge < -0.3 is 9.64 Å². The van der Waals surface area contributed by atoms with Crippen molar-refractivity contribution in [2.24, 2.45) is 0 Å². The number of rotatable bonds is 3. The summed E-state index contributed by atoms with van der Waals surface area (Å²) in [4.78, 5) is 14.4. The molecule has 2 aromatic rings. The van der Waals surface area contributed by atoms with Crippen molar-refractivity contribution < 1.29 is 9.53 Å². The molecule has 0 spiro atoms. The molecule has 1 saturated heterocycles. The molecular weight excluding hydrogens is 373 g/mol. The van der Waals surface area contributed by atoms with Crippen LogP contribution < -0.4 is 0 Å². The SMILES string of the molecule is Cc1nn(Cc2ccc(Cl)cc2Cl)c(Cl)c1C(=O)N1CCOCC1. The molecular formula is C16H16Cl3N3O2. The van der Waals surface area contributed by atoms with Crippen LogP contribution in [0.4, 0.5) is 0 Å². The van der Waals surface area contributed by atoms with Gasteiger partial charge in [0, 0.05) is 23.1 Å². The topological polar surface area (TPSA) is 47.4 Å². The lowest BCUT2D eigenvalue weighted by Gasteiger charge is -2.26. The van der Waals surface area contributed by atoms with E-state index in [2.05, 4.69) is 5.10 Å². The molecule has 1 aromatic heterocycles. The maximum atomic E-state index is 12.7. The van der Waals surface area contributed by atoms with E-state index in [0.717, 1.165) is 5.56 Å². The Hall–Kier alpha value is -1.27. The van der Waals surface area contributed by atoms with E-state index in [0.29, 0.717) is 59.3 Å². The molecule has 5 nitrogen and oxygen atoms in total. The molecule has 1 amide bonds. The van der Waals surface area contributed by atoms with Crippen LogP contribution in [-0.4, -0.2) is 46.9 Å². The van der Waals surface area contributed by atoms with E-state index in [4.69, 9.17) is 39.5 Å². The molecule has 128 valence electrons. The summed E-state index contributed by atoms with van der Waals surface area (Å²) in [7, 11) is 0. The van der Waals surface area contributed by atoms with Crippen LogP contribution in [0.25, 0.3) is 0 Å². The molecule has 1 fully saturated rings. The molecule has 0 saturated carbocycles. The number of benzene rings is 1. The molecule has 2 heterocycles. The summed E-state index contributed by atoms with van der Waals surface area (Å²) in [6, 6.07) is 5.25. The molecule has 0 atom stereocenters. The van der Waals surface area contributed by atoms with Crippen molar-refractivity contribution in [1.82, 2.24) is 14.7 Å². The van der Waals surface area contributed by atoms with E-state index < -0.39 is 0 Å². The summed E-state index contributed by atoms with van der Waals surface area (Å²) >= 11 is 18.5. The summed E-state index contributed by atoms with van der Waals surface area (Å²) in [6.45, 7) is 4.34. The van der Waals surface area contributed by atoms with Gasteiger partial charge in [-0.1, -0.05) is 40.9 Å². The smallest absolute Gasteiger partial charge is 0.259 e. The lowest BCUT2D eigenvalue weighted by Crippen LogP contribution is -2.40. The summed E-state index contributed by atoms with van der Waals surface area (Å²) in [5.74, 6) is -0.116. The minimum Gasteiger partial charge on any atom is -0.378 e. The summed E-state index contributed by atoms with van der Waals surface area (Å²) in [5.41, 5.74) is 1.86. The molecule has 0 N–H and O–H groups in total. The van der Waals surface area contributed by atoms with E-state index >= 15 is 0 Å². The fourth-order valence-corrected chi connectivity index (χ4v) is 3.42. The van der Waals surface area contributed by atoms with Crippen molar-refractivity contribution in [2.75, 3.05) is 26.3 Å². The Balaban J connectivity index is 1.87. The zero-order valence-electron chi connectivity index (χ0n) is 13.1. The Morgan fingerprint density at radius 2 is 1.96 bits per heavy atom. The van der Waals surface area contributed by atoms with Gasteiger partial charge in [0.05, 0.1) is 31.0 Å². The second kappa shape index (κ2) is 7.31. The molecule has 8 heteroatoms. The Labute approximate surface area is 155 Å². The number of aromatic nitrogens is 2. The van der Waals surface area contributed by atoms with Gasteiger partial charge in [-0.05, 0) is 24.6 Å². The highest BCUT2D eigenvalue weighted by molar-refractivity contribution is 6.35. The van der Waals surface area contributed by atoms with E-state index in [9.17, 15) is 4.79 Å². The second-order valence-corrected chi connectivity index (χ2v) is 6.75. The molecule has 0 bridgehead atoms. The van der Waals surface area contributed by atoms with Gasteiger partial charge in [-0.25, -0.2) is 4.68 Å². The van der Waals surface area contributed by atoms with Crippen molar-refractivity contribution in [1.29, 1.82) is 0 Å².